The van der Waals surface area contributed by atoms with Crippen LogP contribution >= 0.6 is 0 Å². The quantitative estimate of drug-likeness (QED) is 0.266. The molecule has 2 unspecified atom stereocenters. The molecule has 0 aromatic rings. The van der Waals surface area contributed by atoms with E-state index in [0.717, 1.165) is 0 Å². The minimum absolute atomic E-state index is 0.0375. The van der Waals surface area contributed by atoms with Gasteiger partial charge in [0.1, 0.15) is 12.2 Å². The topological polar surface area (TPSA) is 54.0 Å². The van der Waals surface area contributed by atoms with E-state index in [2.05, 4.69) is 78.6 Å². The second-order valence-electron chi connectivity index (χ2n) is 13.1. The van der Waals surface area contributed by atoms with Crippen molar-refractivity contribution in [3.05, 3.63) is 0 Å². The van der Waals surface area contributed by atoms with E-state index in [9.17, 15) is 4.79 Å². The summed E-state index contributed by atoms with van der Waals surface area (Å²) in [7, 11) is -7.55. The van der Waals surface area contributed by atoms with Gasteiger partial charge in [-0.15, -0.1) is 0 Å². The average molecular weight is 507 g/mol. The molecular weight excluding hydrogens is 457 g/mol. The summed E-state index contributed by atoms with van der Waals surface area (Å²) >= 11 is 0. The third kappa shape index (κ3) is 12.4. The third-order valence-electron chi connectivity index (χ3n) is 4.84. The molecule has 0 spiro atoms. The Morgan fingerprint density at radius 2 is 1.13 bits per heavy atom. The molecule has 31 heavy (non-hydrogen) atoms. The first kappa shape index (κ1) is 29.4. The fraction of sp³-hybridized carbons (Fsp3) is 0.955. The van der Waals surface area contributed by atoms with E-state index in [0.29, 0.717) is 12.5 Å². The highest BCUT2D eigenvalue weighted by Gasteiger charge is 2.48. The number of Topliss-reactive ketones (excluding diaryl/α,β-unsaturated/α-hetero) is 1. The van der Waals surface area contributed by atoms with Gasteiger partial charge in [0.25, 0.3) is 0 Å². The van der Waals surface area contributed by atoms with Gasteiger partial charge in [0.2, 0.25) is 0 Å². The first-order valence-corrected chi connectivity index (χ1v) is 25.5. The highest BCUT2D eigenvalue weighted by atomic mass is 28.4. The predicted octanol–water partition coefficient (Wildman–Crippen LogP) is 6.11. The standard InChI is InChI=1S/C22H50O5Si4/c1-17(23)20(25-29(5,6)7)22(27-31(11,12)13)21(26-30(8,9)10)19(18-14-15-18)16-24-28(2,3)4/h18-22H,14-16H2,1-13H3/t19?,20-,21+,22?/m0/s1. The Bertz CT molecular complexity index is 583. The minimum Gasteiger partial charge on any atom is -0.417 e. The smallest absolute Gasteiger partial charge is 0.184 e. The lowest BCUT2D eigenvalue weighted by molar-refractivity contribution is -0.135. The number of carbonyl (C=O) groups is 1. The van der Waals surface area contributed by atoms with Crippen LogP contribution in [0.15, 0.2) is 0 Å². The zero-order valence-corrected chi connectivity index (χ0v) is 26.5. The van der Waals surface area contributed by atoms with Gasteiger partial charge < -0.3 is 17.7 Å². The number of carbonyl (C=O) groups excluding carboxylic acids is 1. The maximum absolute atomic E-state index is 12.9. The molecule has 5 nitrogen and oxygen atoms in total. The monoisotopic (exact) mass is 506 g/mol. The highest BCUT2D eigenvalue weighted by molar-refractivity contribution is 6.71. The van der Waals surface area contributed by atoms with Gasteiger partial charge in [-0.05, 0) is 104 Å². The van der Waals surface area contributed by atoms with Crippen LogP contribution in [0.5, 0.6) is 0 Å². The van der Waals surface area contributed by atoms with Gasteiger partial charge in [0.05, 0.1) is 6.10 Å². The number of hydrogen-bond donors (Lipinski definition) is 0. The molecule has 1 rings (SSSR count). The van der Waals surface area contributed by atoms with Crippen LogP contribution in [0, 0.1) is 11.8 Å². The third-order valence-corrected chi connectivity index (χ3v) is 8.79. The van der Waals surface area contributed by atoms with Crippen LogP contribution in [0.25, 0.3) is 0 Å². The minimum atomic E-state index is -1.98. The number of rotatable bonds is 14. The van der Waals surface area contributed by atoms with Gasteiger partial charge in [0.15, 0.2) is 39.1 Å². The van der Waals surface area contributed by atoms with Crippen LogP contribution in [-0.4, -0.2) is 64.0 Å². The molecule has 0 aliphatic heterocycles. The molecule has 4 atom stereocenters. The molecule has 184 valence electrons. The number of hydrogen-bond acceptors (Lipinski definition) is 5. The zero-order chi connectivity index (χ0) is 24.4. The molecule has 0 heterocycles. The molecule has 0 aromatic heterocycles. The van der Waals surface area contributed by atoms with E-state index in [1.54, 1.807) is 6.92 Å². The molecule has 1 aliphatic carbocycles. The molecule has 1 fully saturated rings. The van der Waals surface area contributed by atoms with Crippen LogP contribution in [0.1, 0.15) is 19.8 Å². The van der Waals surface area contributed by atoms with E-state index >= 15 is 0 Å². The fourth-order valence-corrected chi connectivity index (χ4v) is 7.60. The summed E-state index contributed by atoms with van der Waals surface area (Å²) in [6.45, 7) is 28.6. The van der Waals surface area contributed by atoms with Gasteiger partial charge in [0, 0.05) is 12.5 Å². The van der Waals surface area contributed by atoms with E-state index in [1.165, 1.54) is 12.8 Å². The van der Waals surface area contributed by atoms with Crippen molar-refractivity contribution in [1.29, 1.82) is 0 Å². The first-order valence-electron chi connectivity index (χ1n) is 11.9. The summed E-state index contributed by atoms with van der Waals surface area (Å²) in [5.74, 6) is 0.840. The number of ketones is 1. The van der Waals surface area contributed by atoms with Crippen molar-refractivity contribution < 1.29 is 22.5 Å². The van der Waals surface area contributed by atoms with Crippen molar-refractivity contribution in [3.63, 3.8) is 0 Å². The first-order chi connectivity index (χ1) is 13.7. The van der Waals surface area contributed by atoms with Crippen molar-refractivity contribution in [2.45, 2.75) is 117 Å². The van der Waals surface area contributed by atoms with Crippen molar-refractivity contribution in [1.82, 2.24) is 0 Å². The van der Waals surface area contributed by atoms with Gasteiger partial charge in [-0.2, -0.15) is 0 Å². The summed E-state index contributed by atoms with van der Waals surface area (Å²) in [6, 6.07) is 0. The molecular formula is C22H50O5Si4. The lowest BCUT2D eigenvalue weighted by Gasteiger charge is -2.44. The predicted molar refractivity (Wildman–Crippen MR) is 141 cm³/mol. The van der Waals surface area contributed by atoms with Gasteiger partial charge in [-0.3, -0.25) is 4.79 Å². The highest BCUT2D eigenvalue weighted by Crippen LogP contribution is 2.43. The molecule has 0 radical (unpaired) electrons. The van der Waals surface area contributed by atoms with Crippen LogP contribution < -0.4 is 0 Å². The van der Waals surface area contributed by atoms with Gasteiger partial charge in [-0.25, -0.2) is 0 Å². The van der Waals surface area contributed by atoms with Crippen molar-refractivity contribution in [2.75, 3.05) is 6.61 Å². The second-order valence-corrected chi connectivity index (χ2v) is 31.0. The van der Waals surface area contributed by atoms with Gasteiger partial charge in [-0.1, -0.05) is 0 Å². The Labute approximate surface area is 196 Å². The second kappa shape index (κ2) is 10.8. The normalized spacial score (nSPS) is 20.3. The Morgan fingerprint density at radius 3 is 1.45 bits per heavy atom. The summed E-state index contributed by atoms with van der Waals surface area (Å²) < 4.78 is 26.6. The fourth-order valence-electron chi connectivity index (χ4n) is 3.65. The van der Waals surface area contributed by atoms with E-state index in [4.69, 9.17) is 17.7 Å². The van der Waals surface area contributed by atoms with Crippen molar-refractivity contribution in [3.8, 4) is 0 Å². The Morgan fingerprint density at radius 1 is 0.710 bits per heavy atom. The molecule has 1 aliphatic rings. The van der Waals surface area contributed by atoms with Gasteiger partial charge >= 0.3 is 0 Å². The SMILES string of the molecule is CC(=O)[C@H](O[Si](C)(C)C)C(O[Si](C)(C)C)[C@H](O[Si](C)(C)C)C(CO[Si](C)(C)C)C1CC1. The Kier molecular flexibility index (Phi) is 10.2. The molecule has 0 amide bonds. The molecule has 0 bridgehead atoms. The molecule has 0 aromatic carbocycles. The van der Waals surface area contributed by atoms with Crippen LogP contribution in [-0.2, 0) is 22.5 Å². The summed E-state index contributed by atoms with van der Waals surface area (Å²) in [6.07, 6.45) is 1.23. The van der Waals surface area contributed by atoms with Crippen molar-refractivity contribution in [2.24, 2.45) is 11.8 Å². The van der Waals surface area contributed by atoms with Crippen LogP contribution in [0.2, 0.25) is 78.6 Å². The summed E-state index contributed by atoms with van der Waals surface area (Å²) in [5.41, 5.74) is 0. The maximum atomic E-state index is 12.9. The lowest BCUT2D eigenvalue weighted by Crippen LogP contribution is -2.58. The Balaban J connectivity index is 3.45. The molecule has 0 saturated heterocycles. The lowest BCUT2D eigenvalue weighted by atomic mass is 9.90. The molecule has 1 saturated carbocycles. The molecule has 9 heteroatoms. The maximum Gasteiger partial charge on any atom is 0.184 e. The van der Waals surface area contributed by atoms with E-state index in [1.807, 2.05) is 0 Å². The summed E-state index contributed by atoms with van der Waals surface area (Å²) in [5, 5.41) is 0. The average Bonchev–Trinajstić information content (AvgIpc) is 3.30. The van der Waals surface area contributed by atoms with Crippen molar-refractivity contribution >= 4 is 39.1 Å². The largest absolute Gasteiger partial charge is 0.417 e. The Hall–Kier alpha value is 0.378. The summed E-state index contributed by atoms with van der Waals surface area (Å²) in [4.78, 5) is 12.9. The van der Waals surface area contributed by atoms with Crippen LogP contribution in [0.4, 0.5) is 0 Å². The van der Waals surface area contributed by atoms with Crippen LogP contribution in [0.3, 0.4) is 0 Å². The van der Waals surface area contributed by atoms with E-state index in [-0.39, 0.29) is 17.8 Å². The zero-order valence-electron chi connectivity index (χ0n) is 22.5. The molecule has 0 N–H and O–H groups in total. The van der Waals surface area contributed by atoms with E-state index < -0.39 is 45.5 Å².